The summed E-state index contributed by atoms with van der Waals surface area (Å²) in [6.07, 6.45) is 5.52. The van der Waals surface area contributed by atoms with Crippen molar-refractivity contribution in [2.24, 2.45) is 0 Å². The van der Waals surface area contributed by atoms with Gasteiger partial charge in [0.2, 0.25) is 5.91 Å². The van der Waals surface area contributed by atoms with Gasteiger partial charge >= 0.3 is 0 Å². The summed E-state index contributed by atoms with van der Waals surface area (Å²) in [5.74, 6) is -0.260. The van der Waals surface area contributed by atoms with E-state index < -0.39 is 5.60 Å². The van der Waals surface area contributed by atoms with Crippen LogP contribution in [-0.2, 0) is 11.2 Å². The predicted octanol–water partition coefficient (Wildman–Crippen LogP) is 2.91. The molecule has 0 unspecified atom stereocenters. The van der Waals surface area contributed by atoms with Crippen LogP contribution in [0.2, 0.25) is 0 Å². The molecule has 0 radical (unpaired) electrons. The number of nitrogens with zero attached hydrogens (tertiary/aromatic N) is 1. The van der Waals surface area contributed by atoms with Crippen molar-refractivity contribution in [3.63, 3.8) is 0 Å². The van der Waals surface area contributed by atoms with Crippen LogP contribution in [0, 0.1) is 5.82 Å². The van der Waals surface area contributed by atoms with Gasteiger partial charge in [-0.05, 0) is 37.0 Å². The average Bonchev–Trinajstić information content (AvgIpc) is 2.46. The van der Waals surface area contributed by atoms with Gasteiger partial charge in [0, 0.05) is 13.6 Å². The molecule has 1 amide bonds. The Balaban J connectivity index is 1.80. The van der Waals surface area contributed by atoms with Crippen molar-refractivity contribution in [3.8, 4) is 0 Å². The molecule has 2 rings (SSSR count). The number of carbonyl (C=O) groups excluding carboxylic acids is 1. The van der Waals surface area contributed by atoms with Crippen molar-refractivity contribution >= 4 is 5.91 Å². The Hall–Kier alpha value is -1.42. The summed E-state index contributed by atoms with van der Waals surface area (Å²) in [4.78, 5) is 13.9. The van der Waals surface area contributed by atoms with Gasteiger partial charge < -0.3 is 10.0 Å². The second-order valence-electron chi connectivity index (χ2n) is 6.15. The predicted molar refractivity (Wildman–Crippen MR) is 80.4 cm³/mol. The van der Waals surface area contributed by atoms with Gasteiger partial charge in [0.1, 0.15) is 5.82 Å². The maximum Gasteiger partial charge on any atom is 0.225 e. The molecule has 4 heteroatoms. The quantitative estimate of drug-likeness (QED) is 0.907. The third kappa shape index (κ3) is 4.81. The first-order valence-electron chi connectivity index (χ1n) is 7.69. The lowest BCUT2D eigenvalue weighted by Gasteiger charge is -2.32. The number of benzene rings is 1. The maximum atomic E-state index is 12.8. The fourth-order valence-corrected chi connectivity index (χ4v) is 2.88. The topological polar surface area (TPSA) is 40.5 Å². The minimum absolute atomic E-state index is 0.0125. The van der Waals surface area contributed by atoms with Gasteiger partial charge in [-0.1, -0.05) is 31.4 Å². The van der Waals surface area contributed by atoms with E-state index in [0.29, 0.717) is 13.0 Å². The highest BCUT2D eigenvalue weighted by molar-refractivity contribution is 5.77. The van der Waals surface area contributed by atoms with E-state index in [1.165, 1.54) is 12.1 Å². The van der Waals surface area contributed by atoms with E-state index in [4.69, 9.17) is 0 Å². The van der Waals surface area contributed by atoms with Crippen LogP contribution in [0.5, 0.6) is 0 Å². The number of rotatable bonds is 5. The molecule has 1 saturated carbocycles. The van der Waals surface area contributed by atoms with Gasteiger partial charge in [0.05, 0.1) is 12.0 Å². The fourth-order valence-electron chi connectivity index (χ4n) is 2.88. The highest BCUT2D eigenvalue weighted by Gasteiger charge is 2.32. The molecule has 0 aromatic heterocycles. The molecule has 0 saturated heterocycles. The Morgan fingerprint density at radius 2 is 1.86 bits per heavy atom. The number of hydrogen-bond acceptors (Lipinski definition) is 2. The third-order valence-corrected chi connectivity index (χ3v) is 4.34. The second kappa shape index (κ2) is 7.03. The third-order valence-electron chi connectivity index (χ3n) is 4.34. The Labute approximate surface area is 125 Å². The monoisotopic (exact) mass is 293 g/mol. The van der Waals surface area contributed by atoms with E-state index in [1.807, 2.05) is 0 Å². The van der Waals surface area contributed by atoms with E-state index in [9.17, 15) is 14.3 Å². The van der Waals surface area contributed by atoms with Crippen molar-refractivity contribution < 1.29 is 14.3 Å². The molecule has 1 aliphatic rings. The van der Waals surface area contributed by atoms with Crippen LogP contribution in [0.1, 0.15) is 44.1 Å². The molecule has 116 valence electrons. The van der Waals surface area contributed by atoms with Crippen LogP contribution >= 0.6 is 0 Å². The maximum absolute atomic E-state index is 12.8. The van der Waals surface area contributed by atoms with Crippen LogP contribution < -0.4 is 0 Å². The van der Waals surface area contributed by atoms with Crippen LogP contribution in [0.3, 0.4) is 0 Å². The molecule has 1 aliphatic carbocycles. The Morgan fingerprint density at radius 3 is 2.48 bits per heavy atom. The number of aliphatic hydroxyl groups is 1. The molecule has 3 nitrogen and oxygen atoms in total. The van der Waals surface area contributed by atoms with Gasteiger partial charge in [-0.2, -0.15) is 0 Å². The lowest BCUT2D eigenvalue weighted by molar-refractivity contribution is -0.136. The number of likely N-dealkylation sites (N-methyl/N-ethyl adjacent to an activating group) is 1. The molecule has 1 N–H and O–H groups in total. The molecular formula is C17H24FNO2. The van der Waals surface area contributed by atoms with Gasteiger partial charge in [-0.25, -0.2) is 4.39 Å². The summed E-state index contributed by atoms with van der Waals surface area (Å²) < 4.78 is 12.8. The van der Waals surface area contributed by atoms with E-state index in [-0.39, 0.29) is 18.1 Å². The van der Waals surface area contributed by atoms with Gasteiger partial charge in [-0.3, -0.25) is 4.79 Å². The largest absolute Gasteiger partial charge is 0.389 e. The minimum atomic E-state index is -0.806. The van der Waals surface area contributed by atoms with Crippen LogP contribution in [-0.4, -0.2) is 35.1 Å². The standard InChI is InChI=1S/C17H24FNO2/c1-19(12-9-14-5-7-15(18)8-6-14)16(20)13-17(21)10-3-2-4-11-17/h5-8,21H,2-4,9-13H2,1H3. The summed E-state index contributed by atoms with van der Waals surface area (Å²) in [6.45, 7) is 0.584. The summed E-state index contributed by atoms with van der Waals surface area (Å²) in [7, 11) is 1.76. The van der Waals surface area contributed by atoms with Gasteiger partial charge in [0.25, 0.3) is 0 Å². The highest BCUT2D eigenvalue weighted by Crippen LogP contribution is 2.31. The van der Waals surface area contributed by atoms with Crippen LogP contribution in [0.4, 0.5) is 4.39 Å². The van der Waals surface area contributed by atoms with Crippen molar-refractivity contribution in [1.82, 2.24) is 4.90 Å². The van der Waals surface area contributed by atoms with Crippen LogP contribution in [0.25, 0.3) is 0 Å². The van der Waals surface area contributed by atoms with Gasteiger partial charge in [-0.15, -0.1) is 0 Å². The van der Waals surface area contributed by atoms with Crippen molar-refractivity contribution in [2.75, 3.05) is 13.6 Å². The summed E-state index contributed by atoms with van der Waals surface area (Å²) in [6, 6.07) is 6.34. The lowest BCUT2D eigenvalue weighted by Crippen LogP contribution is -2.39. The molecule has 0 heterocycles. The Bertz CT molecular complexity index is 466. The number of amides is 1. The SMILES string of the molecule is CN(CCc1ccc(F)cc1)C(=O)CC1(O)CCCCC1. The zero-order valence-electron chi connectivity index (χ0n) is 12.6. The summed E-state index contributed by atoms with van der Waals surface area (Å²) in [5.41, 5.74) is 0.201. The fraction of sp³-hybridized carbons (Fsp3) is 0.588. The molecular weight excluding hydrogens is 269 g/mol. The zero-order valence-corrected chi connectivity index (χ0v) is 12.6. The number of carbonyl (C=O) groups is 1. The van der Waals surface area contributed by atoms with Crippen molar-refractivity contribution in [2.45, 2.75) is 50.5 Å². The molecule has 0 aliphatic heterocycles. The number of hydrogen-bond donors (Lipinski definition) is 1. The van der Waals surface area contributed by atoms with E-state index >= 15 is 0 Å². The molecule has 0 bridgehead atoms. The molecule has 21 heavy (non-hydrogen) atoms. The van der Waals surface area contributed by atoms with E-state index in [1.54, 1.807) is 24.1 Å². The Kier molecular flexibility index (Phi) is 5.34. The number of halogens is 1. The first-order chi connectivity index (χ1) is 9.98. The smallest absolute Gasteiger partial charge is 0.225 e. The summed E-state index contributed by atoms with van der Waals surface area (Å²) in [5, 5.41) is 10.4. The summed E-state index contributed by atoms with van der Waals surface area (Å²) >= 11 is 0. The van der Waals surface area contributed by atoms with E-state index in [2.05, 4.69) is 0 Å². The first kappa shape index (κ1) is 16.0. The molecule has 1 aromatic rings. The first-order valence-corrected chi connectivity index (χ1v) is 7.69. The zero-order chi connectivity index (χ0) is 15.3. The Morgan fingerprint density at radius 1 is 1.24 bits per heavy atom. The highest BCUT2D eigenvalue weighted by atomic mass is 19.1. The van der Waals surface area contributed by atoms with Crippen molar-refractivity contribution in [1.29, 1.82) is 0 Å². The molecule has 0 atom stereocenters. The lowest BCUT2D eigenvalue weighted by atomic mass is 9.82. The van der Waals surface area contributed by atoms with Crippen LogP contribution in [0.15, 0.2) is 24.3 Å². The van der Waals surface area contributed by atoms with Gasteiger partial charge in [0.15, 0.2) is 0 Å². The average molecular weight is 293 g/mol. The van der Waals surface area contributed by atoms with E-state index in [0.717, 1.165) is 37.7 Å². The molecule has 1 aromatic carbocycles. The van der Waals surface area contributed by atoms with Crippen molar-refractivity contribution in [3.05, 3.63) is 35.6 Å². The normalized spacial score (nSPS) is 17.5. The molecule has 0 spiro atoms. The second-order valence-corrected chi connectivity index (χ2v) is 6.15. The molecule has 1 fully saturated rings. The minimum Gasteiger partial charge on any atom is -0.389 e.